The Morgan fingerprint density at radius 3 is 2.42 bits per heavy atom. The molecular weight excluding hydrogens is 350 g/mol. The van der Waals surface area contributed by atoms with Crippen LogP contribution in [0.4, 0.5) is 5.69 Å². The van der Waals surface area contributed by atoms with Crippen molar-refractivity contribution in [1.29, 1.82) is 0 Å². The summed E-state index contributed by atoms with van der Waals surface area (Å²) in [5.74, 6) is 1.28. The van der Waals surface area contributed by atoms with Gasteiger partial charge in [-0.05, 0) is 51.1 Å². The van der Waals surface area contributed by atoms with Crippen LogP contribution in [0.3, 0.4) is 0 Å². The maximum Gasteiger partial charge on any atom is 0.264 e. The highest BCUT2D eigenvalue weighted by Crippen LogP contribution is 2.40. The monoisotopic (exact) mass is 373 g/mol. The second kappa shape index (κ2) is 7.03. The zero-order valence-corrected chi connectivity index (χ0v) is 16.2. The van der Waals surface area contributed by atoms with Crippen molar-refractivity contribution in [3.63, 3.8) is 0 Å². The lowest BCUT2D eigenvalue weighted by Gasteiger charge is -2.35. The van der Waals surface area contributed by atoms with E-state index < -0.39 is 10.0 Å². The molecule has 0 amide bonds. The molecule has 0 aromatic heterocycles. The Kier molecular flexibility index (Phi) is 4.96. The van der Waals surface area contributed by atoms with Crippen molar-refractivity contribution in [2.75, 3.05) is 18.0 Å². The number of hydrogen-bond donors (Lipinski definition) is 0. The first-order valence-corrected chi connectivity index (χ1v) is 9.96. The molecule has 1 aliphatic rings. The average Bonchev–Trinajstić information content (AvgIpc) is 2.61. The highest BCUT2D eigenvalue weighted by Gasteiger charge is 2.35. The van der Waals surface area contributed by atoms with Crippen molar-refractivity contribution in [2.45, 2.75) is 31.7 Å². The van der Waals surface area contributed by atoms with Gasteiger partial charge in [-0.15, -0.1) is 0 Å². The maximum atomic E-state index is 13.4. The number of ether oxygens (including phenoxy) is 2. The molecule has 0 fully saturated rings. The van der Waals surface area contributed by atoms with Gasteiger partial charge in [-0.1, -0.05) is 17.7 Å². The molecule has 1 aliphatic heterocycles. The second-order valence-corrected chi connectivity index (χ2v) is 8.02. The Balaban J connectivity index is 2.17. The van der Waals surface area contributed by atoms with Crippen molar-refractivity contribution >= 4 is 21.5 Å². The summed E-state index contributed by atoms with van der Waals surface area (Å²) >= 11 is 0. The van der Waals surface area contributed by atoms with Crippen LogP contribution in [0.2, 0.25) is 0 Å². The molecule has 0 spiro atoms. The molecule has 5 nitrogen and oxygen atoms in total. The molecular formula is C20H23NO4S. The molecule has 0 radical (unpaired) electrons. The molecule has 26 heavy (non-hydrogen) atoms. The van der Waals surface area contributed by atoms with E-state index in [0.717, 1.165) is 11.1 Å². The topological polar surface area (TPSA) is 55.8 Å². The number of fused-ring (bicyclic) bond motifs is 1. The lowest BCUT2D eigenvalue weighted by Crippen LogP contribution is -2.40. The van der Waals surface area contributed by atoms with Crippen LogP contribution in [0.1, 0.15) is 25.0 Å². The van der Waals surface area contributed by atoms with Gasteiger partial charge in [-0.25, -0.2) is 8.42 Å². The molecule has 2 aromatic rings. The summed E-state index contributed by atoms with van der Waals surface area (Å²) in [5, 5.41) is 0. The first-order valence-electron chi connectivity index (χ1n) is 8.52. The van der Waals surface area contributed by atoms with Crippen LogP contribution >= 0.6 is 0 Å². The Morgan fingerprint density at radius 1 is 1.12 bits per heavy atom. The maximum absolute atomic E-state index is 13.4. The highest BCUT2D eigenvalue weighted by atomic mass is 32.2. The number of sulfonamides is 1. The van der Waals surface area contributed by atoms with Crippen LogP contribution in [-0.2, 0) is 14.8 Å². The lowest BCUT2D eigenvalue weighted by atomic mass is 10.0. The number of hydrogen-bond acceptors (Lipinski definition) is 4. The third-order valence-electron chi connectivity index (χ3n) is 4.35. The van der Waals surface area contributed by atoms with Gasteiger partial charge >= 0.3 is 0 Å². The number of nitrogens with zero attached hydrogens (tertiary/aromatic N) is 1. The van der Waals surface area contributed by atoms with Gasteiger partial charge in [0.2, 0.25) is 0 Å². The molecule has 0 saturated carbocycles. The van der Waals surface area contributed by atoms with Crippen molar-refractivity contribution in [1.82, 2.24) is 0 Å². The van der Waals surface area contributed by atoms with Crippen LogP contribution in [-0.4, -0.2) is 28.2 Å². The summed E-state index contributed by atoms with van der Waals surface area (Å²) in [5.41, 5.74) is 2.31. The minimum atomic E-state index is -3.73. The van der Waals surface area contributed by atoms with Crippen LogP contribution in [0, 0.1) is 6.92 Å². The van der Waals surface area contributed by atoms with Crippen molar-refractivity contribution in [2.24, 2.45) is 0 Å². The summed E-state index contributed by atoms with van der Waals surface area (Å²) in [6.07, 6.45) is 1.84. The molecule has 1 unspecified atom stereocenters. The predicted molar refractivity (Wildman–Crippen MR) is 103 cm³/mol. The molecule has 3 rings (SSSR count). The quantitative estimate of drug-likeness (QED) is 0.795. The zero-order chi connectivity index (χ0) is 18.9. The van der Waals surface area contributed by atoms with Crippen LogP contribution in [0.15, 0.2) is 53.4 Å². The van der Waals surface area contributed by atoms with Gasteiger partial charge in [0.1, 0.15) is 11.5 Å². The molecule has 1 atom stereocenters. The molecule has 1 heterocycles. The SMILES string of the molecule is CCOC1=CC(C)N(S(=O)(=O)c2ccc(C)cc2)c2cc(OC)ccc21. The van der Waals surface area contributed by atoms with Crippen LogP contribution in [0.25, 0.3) is 5.76 Å². The smallest absolute Gasteiger partial charge is 0.264 e. The first kappa shape index (κ1) is 18.3. The Morgan fingerprint density at radius 2 is 1.81 bits per heavy atom. The van der Waals surface area contributed by atoms with E-state index in [1.165, 1.54) is 4.31 Å². The van der Waals surface area contributed by atoms with Crippen LogP contribution in [0.5, 0.6) is 5.75 Å². The number of methoxy groups -OCH3 is 1. The minimum absolute atomic E-state index is 0.261. The Labute approximate surface area is 154 Å². The lowest BCUT2D eigenvalue weighted by molar-refractivity contribution is 0.296. The molecule has 0 bridgehead atoms. The molecule has 0 saturated heterocycles. The summed E-state index contributed by atoms with van der Waals surface area (Å²) in [7, 11) is -2.17. The van der Waals surface area contributed by atoms with Crippen molar-refractivity contribution in [3.8, 4) is 5.75 Å². The fourth-order valence-corrected chi connectivity index (χ4v) is 4.69. The van der Waals surface area contributed by atoms with Gasteiger partial charge in [0.15, 0.2) is 0 Å². The third kappa shape index (κ3) is 3.17. The van der Waals surface area contributed by atoms with Gasteiger partial charge in [-0.3, -0.25) is 4.31 Å². The summed E-state index contributed by atoms with van der Waals surface area (Å²) in [4.78, 5) is 0.261. The Hall–Kier alpha value is -2.47. The van der Waals surface area contributed by atoms with Gasteiger partial charge in [0.05, 0.1) is 30.3 Å². The van der Waals surface area contributed by atoms with Gasteiger partial charge in [-0.2, -0.15) is 0 Å². The van der Waals surface area contributed by atoms with Crippen molar-refractivity contribution in [3.05, 3.63) is 59.7 Å². The van der Waals surface area contributed by atoms with E-state index in [1.54, 1.807) is 43.5 Å². The molecule has 2 aromatic carbocycles. The fourth-order valence-electron chi connectivity index (χ4n) is 3.08. The molecule has 0 N–H and O–H groups in total. The Bertz CT molecular complexity index is 933. The summed E-state index contributed by atoms with van der Waals surface area (Å²) in [6.45, 7) is 6.18. The van der Waals surface area contributed by atoms with E-state index in [0.29, 0.717) is 23.8 Å². The third-order valence-corrected chi connectivity index (χ3v) is 6.26. The molecule has 138 valence electrons. The van der Waals surface area contributed by atoms with Gasteiger partial charge in [0.25, 0.3) is 10.0 Å². The standard InChI is InChI=1S/C20H23NO4S/c1-5-25-20-12-15(3)21(19-13-16(24-4)8-11-18(19)20)26(22,23)17-9-6-14(2)7-10-17/h6-13,15H,5H2,1-4H3. The predicted octanol–water partition coefficient (Wildman–Crippen LogP) is 3.98. The normalized spacial score (nSPS) is 16.7. The van der Waals surface area contributed by atoms with Gasteiger partial charge < -0.3 is 9.47 Å². The van der Waals surface area contributed by atoms with E-state index in [4.69, 9.17) is 9.47 Å². The van der Waals surface area contributed by atoms with E-state index in [1.807, 2.05) is 32.9 Å². The largest absolute Gasteiger partial charge is 0.497 e. The fraction of sp³-hybridized carbons (Fsp3) is 0.300. The molecule has 6 heteroatoms. The summed E-state index contributed by atoms with van der Waals surface area (Å²) in [6, 6.07) is 11.9. The van der Waals surface area contributed by atoms with E-state index in [9.17, 15) is 8.42 Å². The number of benzene rings is 2. The number of rotatable bonds is 5. The van der Waals surface area contributed by atoms with Crippen molar-refractivity contribution < 1.29 is 17.9 Å². The van der Waals surface area contributed by atoms with E-state index >= 15 is 0 Å². The minimum Gasteiger partial charge on any atom is -0.497 e. The second-order valence-electron chi connectivity index (χ2n) is 6.20. The van der Waals surface area contributed by atoms with E-state index in [-0.39, 0.29) is 10.9 Å². The van der Waals surface area contributed by atoms with Gasteiger partial charge in [0, 0.05) is 11.6 Å². The first-order chi connectivity index (χ1) is 12.4. The zero-order valence-electron chi connectivity index (χ0n) is 15.4. The number of aryl methyl sites for hydroxylation is 1. The van der Waals surface area contributed by atoms with E-state index in [2.05, 4.69) is 0 Å². The highest BCUT2D eigenvalue weighted by molar-refractivity contribution is 7.92. The number of anilines is 1. The summed E-state index contributed by atoms with van der Waals surface area (Å²) < 4.78 is 39.2. The molecule has 0 aliphatic carbocycles. The average molecular weight is 373 g/mol. The van der Waals surface area contributed by atoms with Crippen LogP contribution < -0.4 is 9.04 Å².